The molecule has 0 bridgehead atoms. The van der Waals surface area contributed by atoms with Crippen LogP contribution in [0.15, 0.2) is 66.7 Å². The van der Waals surface area contributed by atoms with Crippen LogP contribution in [-0.2, 0) is 4.74 Å². The summed E-state index contributed by atoms with van der Waals surface area (Å²) in [4.78, 5) is 11.0. The molecule has 1 unspecified atom stereocenters. The first-order chi connectivity index (χ1) is 9.77. The highest BCUT2D eigenvalue weighted by molar-refractivity contribution is 5.67. The number of benzene rings is 2. The molecule has 2 rings (SSSR count). The van der Waals surface area contributed by atoms with E-state index in [-0.39, 0.29) is 6.04 Å². The lowest BCUT2D eigenvalue weighted by molar-refractivity contribution is -0.373. The summed E-state index contributed by atoms with van der Waals surface area (Å²) in [5.41, 5.74) is 4.81. The van der Waals surface area contributed by atoms with Crippen molar-refractivity contribution in [3.05, 3.63) is 72.3 Å². The number of carbonyl (C=O) groups excluding carboxylic acids is 1. The van der Waals surface area contributed by atoms with Crippen molar-refractivity contribution >= 4 is 6.09 Å². The van der Waals surface area contributed by atoms with Crippen LogP contribution in [0.3, 0.4) is 0 Å². The molecule has 0 saturated carbocycles. The Bertz CT molecular complexity index is 448. The first-order valence-electron chi connectivity index (χ1n) is 6.46. The summed E-state index contributed by atoms with van der Waals surface area (Å²) in [5.74, 6) is 0. The first-order valence-corrected chi connectivity index (χ1v) is 6.46. The van der Waals surface area contributed by atoms with E-state index in [1.165, 1.54) is 7.11 Å². The second-order valence-corrected chi connectivity index (χ2v) is 4.04. The van der Waals surface area contributed by atoms with E-state index in [2.05, 4.69) is 15.8 Å². The minimum Gasteiger partial charge on any atom is -0.453 e. The highest BCUT2D eigenvalue weighted by Crippen LogP contribution is 2.09. The van der Waals surface area contributed by atoms with Crippen LogP contribution < -0.4 is 11.1 Å². The van der Waals surface area contributed by atoms with Gasteiger partial charge in [0.1, 0.15) is 6.04 Å². The quantitative estimate of drug-likeness (QED) is 0.898. The van der Waals surface area contributed by atoms with Crippen LogP contribution in [0.4, 0.5) is 4.79 Å². The van der Waals surface area contributed by atoms with Crippen LogP contribution in [0.5, 0.6) is 0 Å². The van der Waals surface area contributed by atoms with Gasteiger partial charge < -0.3 is 15.8 Å². The molecule has 2 aromatic rings. The average Bonchev–Trinajstić information content (AvgIpc) is 2.55. The second-order valence-electron chi connectivity index (χ2n) is 4.04. The Hall–Kier alpha value is -2.33. The van der Waals surface area contributed by atoms with E-state index in [1.54, 1.807) is 0 Å². The molecule has 0 aliphatic rings. The molecule has 1 amide bonds. The highest BCUT2D eigenvalue weighted by Gasteiger charge is 2.13. The Morgan fingerprint density at radius 2 is 1.50 bits per heavy atom. The molecule has 4 N–H and O–H groups in total. The van der Waals surface area contributed by atoms with Crippen LogP contribution in [0, 0.1) is 0 Å². The van der Waals surface area contributed by atoms with Crippen molar-refractivity contribution in [3.8, 4) is 0 Å². The Morgan fingerprint density at radius 1 is 1.05 bits per heavy atom. The van der Waals surface area contributed by atoms with Gasteiger partial charge in [0.05, 0.1) is 13.7 Å². The molecular formula is C16H21N2O2+. The van der Waals surface area contributed by atoms with E-state index >= 15 is 0 Å². The number of rotatable bonds is 3. The molecule has 4 nitrogen and oxygen atoms in total. The third kappa shape index (κ3) is 6.02. The Morgan fingerprint density at radius 3 is 1.90 bits per heavy atom. The van der Waals surface area contributed by atoms with Gasteiger partial charge in [-0.25, -0.2) is 4.79 Å². The molecule has 0 aliphatic heterocycles. The fourth-order valence-corrected chi connectivity index (χ4v) is 1.59. The lowest BCUT2D eigenvalue weighted by Crippen LogP contribution is -2.56. The summed E-state index contributed by atoms with van der Waals surface area (Å²) in [6, 6.07) is 21.6. The number of ether oxygens (including phenoxy) is 1. The number of alkyl carbamates (subject to hydrolysis) is 1. The SMILES string of the molecule is COC(=O)NC(C[NH3+])c1ccccc1.c1ccccc1. The van der Waals surface area contributed by atoms with Crippen molar-refractivity contribution in [2.45, 2.75) is 6.04 Å². The topological polar surface area (TPSA) is 66.0 Å². The van der Waals surface area contributed by atoms with Gasteiger partial charge in [-0.2, -0.15) is 0 Å². The van der Waals surface area contributed by atoms with E-state index in [9.17, 15) is 4.79 Å². The molecule has 0 fully saturated rings. The summed E-state index contributed by atoms with van der Waals surface area (Å²) in [7, 11) is 1.35. The molecule has 0 radical (unpaired) electrons. The number of hydrogen-bond acceptors (Lipinski definition) is 2. The molecule has 0 spiro atoms. The fourth-order valence-electron chi connectivity index (χ4n) is 1.59. The van der Waals surface area contributed by atoms with Crippen LogP contribution in [0.1, 0.15) is 11.6 Å². The first kappa shape index (κ1) is 15.7. The second kappa shape index (κ2) is 9.58. The summed E-state index contributed by atoms with van der Waals surface area (Å²) < 4.78 is 4.53. The lowest BCUT2D eigenvalue weighted by Gasteiger charge is -2.14. The van der Waals surface area contributed by atoms with Gasteiger partial charge in [-0.05, 0) is 5.56 Å². The van der Waals surface area contributed by atoms with Crippen LogP contribution in [-0.4, -0.2) is 19.7 Å². The van der Waals surface area contributed by atoms with Gasteiger partial charge in [0.25, 0.3) is 0 Å². The van der Waals surface area contributed by atoms with Crippen molar-refractivity contribution < 1.29 is 15.3 Å². The Kier molecular flexibility index (Phi) is 7.53. The van der Waals surface area contributed by atoms with Gasteiger partial charge >= 0.3 is 6.09 Å². The molecule has 4 heteroatoms. The summed E-state index contributed by atoms with van der Waals surface area (Å²) in [6.45, 7) is 0.596. The molecule has 0 aliphatic carbocycles. The van der Waals surface area contributed by atoms with Gasteiger partial charge in [0.15, 0.2) is 0 Å². The van der Waals surface area contributed by atoms with E-state index in [1.807, 2.05) is 66.7 Å². The highest BCUT2D eigenvalue weighted by atomic mass is 16.5. The van der Waals surface area contributed by atoms with E-state index < -0.39 is 6.09 Å². The lowest BCUT2D eigenvalue weighted by atomic mass is 10.1. The van der Waals surface area contributed by atoms with Crippen LogP contribution in [0.25, 0.3) is 0 Å². The minimum absolute atomic E-state index is 0.0800. The maximum Gasteiger partial charge on any atom is 0.407 e. The van der Waals surface area contributed by atoms with Gasteiger partial charge in [0.2, 0.25) is 0 Å². The van der Waals surface area contributed by atoms with Crippen LogP contribution >= 0.6 is 0 Å². The van der Waals surface area contributed by atoms with Crippen molar-refractivity contribution in [2.75, 3.05) is 13.7 Å². The molecule has 106 valence electrons. The summed E-state index contributed by atoms with van der Waals surface area (Å²) in [6.07, 6.45) is -0.428. The number of nitrogens with one attached hydrogen (secondary N) is 1. The summed E-state index contributed by atoms with van der Waals surface area (Å²) in [5, 5.41) is 2.71. The molecule has 0 aromatic heterocycles. The maximum atomic E-state index is 11.0. The standard InChI is InChI=1S/C10H14N2O2.C6H6/c1-14-10(13)12-9(7-11)8-5-3-2-4-6-8;1-2-4-6-5-3-1/h2-6,9H,7,11H2,1H3,(H,12,13);1-6H/p+1. The number of quaternary nitrogens is 1. The van der Waals surface area contributed by atoms with Gasteiger partial charge in [0, 0.05) is 0 Å². The maximum absolute atomic E-state index is 11.0. The zero-order valence-corrected chi connectivity index (χ0v) is 11.7. The van der Waals surface area contributed by atoms with Crippen molar-refractivity contribution in [1.82, 2.24) is 5.32 Å². The number of amides is 1. The molecule has 20 heavy (non-hydrogen) atoms. The predicted octanol–water partition coefficient (Wildman–Crippen LogP) is 2.01. The van der Waals surface area contributed by atoms with Gasteiger partial charge in [-0.15, -0.1) is 0 Å². The largest absolute Gasteiger partial charge is 0.453 e. The van der Waals surface area contributed by atoms with Crippen molar-refractivity contribution in [3.63, 3.8) is 0 Å². The normalized spacial score (nSPS) is 10.7. The van der Waals surface area contributed by atoms with Crippen LogP contribution in [0.2, 0.25) is 0 Å². The van der Waals surface area contributed by atoms with E-state index in [0.717, 1.165) is 5.56 Å². The zero-order valence-electron chi connectivity index (χ0n) is 11.7. The Labute approximate surface area is 119 Å². The zero-order chi connectivity index (χ0) is 14.6. The smallest absolute Gasteiger partial charge is 0.407 e. The predicted molar refractivity (Wildman–Crippen MR) is 78.9 cm³/mol. The third-order valence-corrected chi connectivity index (χ3v) is 2.63. The Balaban J connectivity index is 0.000000276. The fraction of sp³-hybridized carbons (Fsp3) is 0.188. The van der Waals surface area contributed by atoms with Gasteiger partial charge in [-0.3, -0.25) is 0 Å². The number of methoxy groups -OCH3 is 1. The molecule has 0 saturated heterocycles. The monoisotopic (exact) mass is 273 g/mol. The van der Waals surface area contributed by atoms with Crippen molar-refractivity contribution in [2.24, 2.45) is 0 Å². The van der Waals surface area contributed by atoms with E-state index in [0.29, 0.717) is 6.54 Å². The average molecular weight is 273 g/mol. The molecule has 0 heterocycles. The third-order valence-electron chi connectivity index (χ3n) is 2.63. The summed E-state index contributed by atoms with van der Waals surface area (Å²) >= 11 is 0. The van der Waals surface area contributed by atoms with E-state index in [4.69, 9.17) is 0 Å². The number of carbonyl (C=O) groups is 1. The molecule has 1 atom stereocenters. The van der Waals surface area contributed by atoms with Crippen molar-refractivity contribution in [1.29, 1.82) is 0 Å². The van der Waals surface area contributed by atoms with Gasteiger partial charge in [-0.1, -0.05) is 66.7 Å². The number of hydrogen-bond donors (Lipinski definition) is 2. The molecule has 2 aromatic carbocycles. The molecular weight excluding hydrogens is 252 g/mol. The minimum atomic E-state index is -0.428.